The van der Waals surface area contributed by atoms with E-state index in [1.54, 1.807) is 12.1 Å². The summed E-state index contributed by atoms with van der Waals surface area (Å²) in [5, 5.41) is 21.9. The van der Waals surface area contributed by atoms with E-state index in [2.05, 4.69) is 32.4 Å². The molecule has 11 nitrogen and oxygen atoms in total. The largest absolute Gasteiger partial charge is 0.379 e. The molecule has 1 fully saturated rings. The quantitative estimate of drug-likeness (QED) is 0.455. The van der Waals surface area contributed by atoms with Crippen LogP contribution in [0, 0.1) is 16.0 Å². The zero-order valence-corrected chi connectivity index (χ0v) is 14.7. The maximum Gasteiger partial charge on any atom is 0.297 e. The number of nitrogens with zero attached hydrogens (tertiary/aromatic N) is 5. The van der Waals surface area contributed by atoms with Crippen molar-refractivity contribution in [2.45, 2.75) is 19.8 Å². The molecule has 1 aromatic carbocycles. The molecule has 3 N–H and O–H groups in total. The van der Waals surface area contributed by atoms with Gasteiger partial charge in [0.15, 0.2) is 0 Å². The van der Waals surface area contributed by atoms with Gasteiger partial charge in [-0.1, -0.05) is 13.0 Å². The molecule has 1 saturated heterocycles. The van der Waals surface area contributed by atoms with Crippen LogP contribution in [0.3, 0.4) is 0 Å². The van der Waals surface area contributed by atoms with E-state index in [0.29, 0.717) is 17.2 Å². The van der Waals surface area contributed by atoms with Gasteiger partial charge in [0.25, 0.3) is 11.6 Å². The summed E-state index contributed by atoms with van der Waals surface area (Å²) in [4.78, 5) is 24.9. The van der Waals surface area contributed by atoms with Crippen LogP contribution in [0.5, 0.6) is 0 Å². The number of carbonyl (C=O) groups is 1. The second-order valence-corrected chi connectivity index (χ2v) is 6.37. The molecule has 0 bridgehead atoms. The lowest BCUT2D eigenvalue weighted by Crippen LogP contribution is -2.33. The van der Waals surface area contributed by atoms with Crippen molar-refractivity contribution in [2.24, 2.45) is 11.0 Å². The van der Waals surface area contributed by atoms with Crippen LogP contribution in [0.4, 0.5) is 17.2 Å². The molecule has 1 aliphatic heterocycles. The first kappa shape index (κ1) is 18.3. The van der Waals surface area contributed by atoms with E-state index in [0.717, 1.165) is 25.9 Å². The molecule has 27 heavy (non-hydrogen) atoms. The van der Waals surface area contributed by atoms with Crippen molar-refractivity contribution in [1.82, 2.24) is 15.7 Å². The van der Waals surface area contributed by atoms with Gasteiger partial charge in [-0.05, 0) is 35.1 Å². The monoisotopic (exact) mass is 373 g/mol. The predicted molar refractivity (Wildman–Crippen MR) is 97.5 cm³/mol. The summed E-state index contributed by atoms with van der Waals surface area (Å²) in [6, 6.07) is 4.84. The molecule has 0 atom stereocenters. The Hall–Kier alpha value is -3.50. The zero-order valence-electron chi connectivity index (χ0n) is 14.7. The number of amides is 1. The third-order valence-electron chi connectivity index (χ3n) is 4.43. The predicted octanol–water partition coefficient (Wildman–Crippen LogP) is 1.56. The van der Waals surface area contributed by atoms with Crippen molar-refractivity contribution in [2.75, 3.05) is 23.7 Å². The molecule has 2 aromatic rings. The van der Waals surface area contributed by atoms with E-state index in [4.69, 9.17) is 5.73 Å². The van der Waals surface area contributed by atoms with Crippen LogP contribution in [0.15, 0.2) is 27.9 Å². The second kappa shape index (κ2) is 7.81. The third-order valence-corrected chi connectivity index (χ3v) is 4.43. The minimum Gasteiger partial charge on any atom is -0.379 e. The van der Waals surface area contributed by atoms with E-state index < -0.39 is 10.8 Å². The number of nitrogens with two attached hydrogens (primary N) is 1. The Bertz CT molecular complexity index is 871. The van der Waals surface area contributed by atoms with Gasteiger partial charge in [0.05, 0.1) is 11.1 Å². The van der Waals surface area contributed by atoms with Gasteiger partial charge in [-0.25, -0.2) is 10.1 Å². The molecule has 142 valence electrons. The Morgan fingerprint density at radius 1 is 1.44 bits per heavy atom. The first-order valence-corrected chi connectivity index (χ1v) is 8.40. The normalized spacial score (nSPS) is 15.2. The minimum absolute atomic E-state index is 0.00442. The highest BCUT2D eigenvalue weighted by molar-refractivity contribution is 5.96. The minimum atomic E-state index is -0.696. The molecule has 2 heterocycles. The molecule has 0 unspecified atom stereocenters. The maximum absolute atomic E-state index is 11.8. The first-order chi connectivity index (χ1) is 13.0. The number of anilines is 2. The summed E-state index contributed by atoms with van der Waals surface area (Å²) in [7, 11) is 0. The lowest BCUT2D eigenvalue weighted by Gasteiger charge is -2.31. The van der Waals surface area contributed by atoms with E-state index >= 15 is 0 Å². The number of hydrogen-bond acceptors (Lipinski definition) is 9. The zero-order chi connectivity index (χ0) is 19.4. The Kier molecular flexibility index (Phi) is 5.29. The molecule has 1 amide bonds. The van der Waals surface area contributed by atoms with Crippen LogP contribution in [0.1, 0.15) is 35.8 Å². The average Bonchev–Trinajstić information content (AvgIpc) is 3.08. The maximum atomic E-state index is 11.8. The van der Waals surface area contributed by atoms with Gasteiger partial charge >= 0.3 is 0 Å². The van der Waals surface area contributed by atoms with Gasteiger partial charge in [0.2, 0.25) is 11.5 Å². The number of hydrogen-bond donors (Lipinski definition) is 2. The number of benzene rings is 1. The van der Waals surface area contributed by atoms with Crippen molar-refractivity contribution in [1.29, 1.82) is 0 Å². The van der Waals surface area contributed by atoms with Crippen LogP contribution >= 0.6 is 0 Å². The number of nitrogen functional groups attached to an aromatic ring is 1. The van der Waals surface area contributed by atoms with Gasteiger partial charge < -0.3 is 10.6 Å². The summed E-state index contributed by atoms with van der Waals surface area (Å²) in [6.07, 6.45) is 3.32. The Labute approximate surface area is 154 Å². The molecule has 0 radical (unpaired) electrons. The number of nitro groups is 1. The summed E-state index contributed by atoms with van der Waals surface area (Å²) >= 11 is 0. The fourth-order valence-corrected chi connectivity index (χ4v) is 2.86. The number of nitrogens with one attached hydrogen (secondary N) is 1. The third kappa shape index (κ3) is 4.19. The highest BCUT2D eigenvalue weighted by atomic mass is 16.6. The molecule has 0 aliphatic carbocycles. The summed E-state index contributed by atoms with van der Waals surface area (Å²) in [5.74, 6) is -0.221. The van der Waals surface area contributed by atoms with E-state index in [1.165, 1.54) is 12.3 Å². The smallest absolute Gasteiger partial charge is 0.297 e. The topological polar surface area (TPSA) is 153 Å². The summed E-state index contributed by atoms with van der Waals surface area (Å²) in [6.45, 7) is 3.76. The van der Waals surface area contributed by atoms with Gasteiger partial charge in [0, 0.05) is 24.7 Å². The van der Waals surface area contributed by atoms with Crippen LogP contribution in [-0.2, 0) is 0 Å². The summed E-state index contributed by atoms with van der Waals surface area (Å²) < 4.78 is 4.33. The van der Waals surface area contributed by atoms with Crippen molar-refractivity contribution in [3.8, 4) is 0 Å². The fourth-order valence-electron chi connectivity index (χ4n) is 2.86. The van der Waals surface area contributed by atoms with Crippen LogP contribution < -0.4 is 16.1 Å². The van der Waals surface area contributed by atoms with Crippen LogP contribution in [0.2, 0.25) is 0 Å². The summed E-state index contributed by atoms with van der Waals surface area (Å²) in [5.41, 5.74) is 8.51. The highest BCUT2D eigenvalue weighted by Gasteiger charge is 2.23. The molecule has 3 rings (SSSR count). The van der Waals surface area contributed by atoms with Crippen molar-refractivity contribution >= 4 is 29.3 Å². The fraction of sp³-hybridized carbons (Fsp3) is 0.375. The van der Waals surface area contributed by atoms with E-state index in [1.807, 2.05) is 4.90 Å². The Morgan fingerprint density at radius 3 is 2.81 bits per heavy atom. The van der Waals surface area contributed by atoms with Gasteiger partial charge in [-0.15, -0.1) is 0 Å². The lowest BCUT2D eigenvalue weighted by atomic mass is 9.98. The molecule has 1 aromatic heterocycles. The number of carbonyl (C=O) groups excluding carboxylic acids is 1. The average molecular weight is 373 g/mol. The van der Waals surface area contributed by atoms with Gasteiger partial charge in [-0.2, -0.15) is 5.10 Å². The molecule has 0 spiro atoms. The lowest BCUT2D eigenvalue weighted by molar-refractivity contribution is -0.384. The number of nitro benzene ring substituents is 1. The number of rotatable bonds is 5. The van der Waals surface area contributed by atoms with Crippen LogP contribution in [0.25, 0.3) is 0 Å². The highest BCUT2D eigenvalue weighted by Crippen LogP contribution is 2.32. The SMILES string of the molecule is CC1CCN(c2ccc(/C=N\NC(=O)c3nonc3N)cc2[N+](=O)[O-])CC1. The standard InChI is InChI=1S/C16H19N7O4/c1-10-4-6-22(7-5-10)12-3-2-11(8-13(12)23(25)26)9-18-19-16(24)14-15(17)21-27-20-14/h2-3,8-10H,4-7H2,1H3,(H2,17,21)(H,19,24)/b18-9-. The number of hydrazone groups is 1. The Morgan fingerprint density at radius 2 is 2.19 bits per heavy atom. The molecule has 1 aliphatic rings. The van der Waals surface area contributed by atoms with Gasteiger partial charge in [0.1, 0.15) is 5.69 Å². The van der Waals surface area contributed by atoms with Crippen molar-refractivity contribution < 1.29 is 14.3 Å². The molecule has 11 heteroatoms. The van der Waals surface area contributed by atoms with E-state index in [9.17, 15) is 14.9 Å². The number of aromatic nitrogens is 2. The molecule has 0 saturated carbocycles. The van der Waals surface area contributed by atoms with Gasteiger partial charge in [-0.3, -0.25) is 14.9 Å². The van der Waals surface area contributed by atoms with Crippen molar-refractivity contribution in [3.05, 3.63) is 39.6 Å². The number of piperidine rings is 1. The van der Waals surface area contributed by atoms with Crippen LogP contribution in [-0.4, -0.2) is 40.4 Å². The second-order valence-electron chi connectivity index (χ2n) is 6.37. The Balaban J connectivity index is 1.73. The molecular formula is C16H19N7O4. The van der Waals surface area contributed by atoms with Crippen molar-refractivity contribution in [3.63, 3.8) is 0 Å². The first-order valence-electron chi connectivity index (χ1n) is 8.40. The van der Waals surface area contributed by atoms with E-state index in [-0.39, 0.29) is 17.2 Å². The molecular weight excluding hydrogens is 354 g/mol.